The van der Waals surface area contributed by atoms with Crippen LogP contribution in [-0.2, 0) is 0 Å². The Kier molecular flexibility index (Phi) is 5.45. The van der Waals surface area contributed by atoms with E-state index < -0.39 is 0 Å². The van der Waals surface area contributed by atoms with Crippen LogP contribution in [0.15, 0.2) is 152 Å². The summed E-state index contributed by atoms with van der Waals surface area (Å²) in [7, 11) is 0. The van der Waals surface area contributed by atoms with Gasteiger partial charge < -0.3 is 4.57 Å². The predicted octanol–water partition coefficient (Wildman–Crippen LogP) is 11.6. The number of hydrogen-bond acceptors (Lipinski definition) is 3. The van der Waals surface area contributed by atoms with Crippen LogP contribution in [0.2, 0.25) is 0 Å². The molecule has 0 N–H and O–H groups in total. The fraction of sp³-hybridized carbons (Fsp3) is 0. The number of aromatic nitrogens is 3. The van der Waals surface area contributed by atoms with Gasteiger partial charge in [-0.25, -0.2) is 9.97 Å². The van der Waals surface area contributed by atoms with E-state index in [0.717, 1.165) is 33.4 Å². The summed E-state index contributed by atoms with van der Waals surface area (Å²) in [5, 5.41) is 8.78. The number of nitrogens with zero attached hydrogens (tertiary/aromatic N) is 3. The maximum absolute atomic E-state index is 5.26. The van der Waals surface area contributed by atoms with Crippen molar-refractivity contribution in [3.05, 3.63) is 152 Å². The molecule has 0 radical (unpaired) electrons. The molecule has 0 saturated heterocycles. The fourth-order valence-corrected chi connectivity index (χ4v) is 8.44. The Morgan fingerprint density at radius 3 is 2.11 bits per heavy atom. The third-order valence-corrected chi connectivity index (χ3v) is 10.4. The minimum absolute atomic E-state index is 0.715. The van der Waals surface area contributed by atoms with E-state index in [2.05, 4.69) is 144 Å². The summed E-state index contributed by atoms with van der Waals surface area (Å²) in [6.07, 6.45) is 0. The van der Waals surface area contributed by atoms with Gasteiger partial charge in [0, 0.05) is 52.8 Å². The van der Waals surface area contributed by atoms with Crippen molar-refractivity contribution in [3.8, 4) is 28.3 Å². The normalized spacial score (nSPS) is 11.9. The molecule has 0 saturated carbocycles. The van der Waals surface area contributed by atoms with Crippen LogP contribution in [0.4, 0.5) is 0 Å². The summed E-state index contributed by atoms with van der Waals surface area (Å²) in [4.78, 5) is 10.4. The molecule has 3 aromatic heterocycles. The molecule has 7 aromatic carbocycles. The van der Waals surface area contributed by atoms with Crippen molar-refractivity contribution in [2.24, 2.45) is 0 Å². The number of benzene rings is 7. The number of thiophene rings is 1. The highest BCUT2D eigenvalue weighted by Crippen LogP contribution is 2.45. The first-order valence-corrected chi connectivity index (χ1v) is 16.3. The van der Waals surface area contributed by atoms with Crippen molar-refractivity contribution < 1.29 is 0 Å². The molecule has 0 aliphatic rings. The molecule has 0 aliphatic carbocycles. The second kappa shape index (κ2) is 9.83. The third kappa shape index (κ3) is 3.65. The highest BCUT2D eigenvalue weighted by molar-refractivity contribution is 7.26. The maximum Gasteiger partial charge on any atom is 0.162 e. The minimum atomic E-state index is 0.715. The van der Waals surface area contributed by atoms with Crippen LogP contribution < -0.4 is 0 Å². The lowest BCUT2D eigenvalue weighted by molar-refractivity contribution is 1.15. The van der Waals surface area contributed by atoms with Gasteiger partial charge in [-0.05, 0) is 41.8 Å². The van der Waals surface area contributed by atoms with Crippen molar-refractivity contribution in [2.75, 3.05) is 0 Å². The molecule has 4 heteroatoms. The van der Waals surface area contributed by atoms with E-state index in [1.54, 1.807) is 0 Å². The first kappa shape index (κ1) is 25.5. The number of rotatable bonds is 3. The molecule has 3 nitrogen and oxygen atoms in total. The molecule has 0 atom stereocenters. The smallest absolute Gasteiger partial charge is 0.162 e. The number of fused-ring (bicyclic) bond motifs is 10. The lowest BCUT2D eigenvalue weighted by Crippen LogP contribution is -2.01. The SMILES string of the molecule is c1ccc(-c2nc(-c3ccccc3-n3c4ccccc4c4c5c(ccc6c7ccccc7sc65)ccc43)nc3ccccc23)cc1. The van der Waals surface area contributed by atoms with Gasteiger partial charge in [0.05, 0.1) is 27.9 Å². The summed E-state index contributed by atoms with van der Waals surface area (Å²) in [6, 6.07) is 53.9. The standard InChI is InChI=1S/C42H25N3S/c1-2-12-27(13-3-1)40-30-15-4-8-18-33(30)43-42(44-40)32-17-6-10-20-35(32)45-34-19-9-5-16-31(34)39-36(45)25-23-26-22-24-29-28-14-7-11-21-37(28)46-41(29)38(26)39/h1-25H. The Hall–Kier alpha value is -5.84. The fourth-order valence-electron chi connectivity index (χ4n) is 7.18. The van der Waals surface area contributed by atoms with E-state index in [-0.39, 0.29) is 0 Å². The Morgan fingerprint density at radius 2 is 1.20 bits per heavy atom. The topological polar surface area (TPSA) is 30.7 Å². The van der Waals surface area contributed by atoms with Crippen LogP contribution in [0.5, 0.6) is 0 Å². The Morgan fingerprint density at radius 1 is 0.478 bits per heavy atom. The molecule has 0 bridgehead atoms. The second-order valence-corrected chi connectivity index (χ2v) is 12.8. The largest absolute Gasteiger partial charge is 0.308 e. The van der Waals surface area contributed by atoms with Crippen molar-refractivity contribution in [1.29, 1.82) is 0 Å². The molecular weight excluding hydrogens is 579 g/mol. The zero-order chi connectivity index (χ0) is 30.2. The van der Waals surface area contributed by atoms with Gasteiger partial charge in [0.15, 0.2) is 5.82 Å². The maximum atomic E-state index is 5.26. The molecule has 10 rings (SSSR count). The zero-order valence-corrected chi connectivity index (χ0v) is 25.5. The van der Waals surface area contributed by atoms with Gasteiger partial charge in [0.1, 0.15) is 0 Å². The van der Waals surface area contributed by atoms with E-state index >= 15 is 0 Å². The van der Waals surface area contributed by atoms with Gasteiger partial charge in [-0.1, -0.05) is 115 Å². The highest BCUT2D eigenvalue weighted by atomic mass is 32.1. The molecular formula is C42H25N3S. The average molecular weight is 604 g/mol. The Balaban J connectivity index is 1.31. The predicted molar refractivity (Wildman–Crippen MR) is 195 cm³/mol. The van der Waals surface area contributed by atoms with Gasteiger partial charge >= 0.3 is 0 Å². The Bertz CT molecular complexity index is 2810. The molecule has 0 amide bonds. The molecule has 0 spiro atoms. The lowest BCUT2D eigenvalue weighted by atomic mass is 10.0. The lowest BCUT2D eigenvalue weighted by Gasteiger charge is -2.15. The first-order valence-electron chi connectivity index (χ1n) is 15.5. The first-order chi connectivity index (χ1) is 22.8. The van der Waals surface area contributed by atoms with Gasteiger partial charge in [0.25, 0.3) is 0 Å². The minimum Gasteiger partial charge on any atom is -0.308 e. The number of hydrogen-bond donors (Lipinski definition) is 0. The van der Waals surface area contributed by atoms with E-state index in [9.17, 15) is 0 Å². The van der Waals surface area contributed by atoms with Crippen molar-refractivity contribution in [2.45, 2.75) is 0 Å². The van der Waals surface area contributed by atoms with E-state index in [4.69, 9.17) is 9.97 Å². The van der Waals surface area contributed by atoms with Crippen LogP contribution in [0, 0.1) is 0 Å². The van der Waals surface area contributed by atoms with E-state index in [1.807, 2.05) is 23.5 Å². The van der Waals surface area contributed by atoms with Crippen molar-refractivity contribution in [3.63, 3.8) is 0 Å². The quantitative estimate of drug-likeness (QED) is 0.201. The third-order valence-electron chi connectivity index (χ3n) is 9.20. The molecule has 0 aliphatic heterocycles. The van der Waals surface area contributed by atoms with Gasteiger partial charge in [-0.15, -0.1) is 11.3 Å². The van der Waals surface area contributed by atoms with Crippen LogP contribution in [-0.4, -0.2) is 14.5 Å². The van der Waals surface area contributed by atoms with Crippen LogP contribution >= 0.6 is 11.3 Å². The van der Waals surface area contributed by atoms with Crippen LogP contribution in [0.3, 0.4) is 0 Å². The Labute approximate surface area is 268 Å². The molecule has 0 unspecified atom stereocenters. The summed E-state index contributed by atoms with van der Waals surface area (Å²) in [5.74, 6) is 0.715. The summed E-state index contributed by atoms with van der Waals surface area (Å²) >= 11 is 1.89. The van der Waals surface area contributed by atoms with E-state index in [1.165, 1.54) is 52.8 Å². The van der Waals surface area contributed by atoms with Crippen molar-refractivity contribution >= 4 is 75.0 Å². The average Bonchev–Trinajstić information content (AvgIpc) is 3.67. The van der Waals surface area contributed by atoms with Crippen LogP contribution in [0.25, 0.3) is 92.0 Å². The van der Waals surface area contributed by atoms with Crippen LogP contribution in [0.1, 0.15) is 0 Å². The molecule has 46 heavy (non-hydrogen) atoms. The van der Waals surface area contributed by atoms with Crippen molar-refractivity contribution in [1.82, 2.24) is 14.5 Å². The highest BCUT2D eigenvalue weighted by Gasteiger charge is 2.21. The zero-order valence-electron chi connectivity index (χ0n) is 24.7. The number of para-hydroxylation sites is 3. The van der Waals surface area contributed by atoms with Gasteiger partial charge in [0.2, 0.25) is 0 Å². The second-order valence-electron chi connectivity index (χ2n) is 11.7. The van der Waals surface area contributed by atoms with Gasteiger partial charge in [-0.2, -0.15) is 0 Å². The summed E-state index contributed by atoms with van der Waals surface area (Å²) in [6.45, 7) is 0. The monoisotopic (exact) mass is 603 g/mol. The molecule has 0 fully saturated rings. The van der Waals surface area contributed by atoms with Gasteiger partial charge in [-0.3, -0.25) is 0 Å². The summed E-state index contributed by atoms with van der Waals surface area (Å²) in [5.41, 5.74) is 7.35. The summed E-state index contributed by atoms with van der Waals surface area (Å²) < 4.78 is 5.07. The molecule has 10 aromatic rings. The molecule has 214 valence electrons. The van der Waals surface area contributed by atoms with E-state index in [0.29, 0.717) is 5.82 Å². The molecule has 3 heterocycles.